The number of carbonyl (C=O) groups excluding carboxylic acids is 2. The Bertz CT molecular complexity index is 714. The molecule has 0 unspecified atom stereocenters. The van der Waals surface area contributed by atoms with E-state index in [4.69, 9.17) is 4.74 Å². The molecule has 1 aliphatic heterocycles. The van der Waals surface area contributed by atoms with Gasteiger partial charge in [-0.15, -0.1) is 0 Å². The van der Waals surface area contributed by atoms with Crippen LogP contribution in [0, 0.1) is 0 Å². The predicted molar refractivity (Wildman–Crippen MR) is 91.6 cm³/mol. The largest absolute Gasteiger partial charge is 0.379 e. The number of hydrogen-bond donors (Lipinski definition) is 3. The predicted octanol–water partition coefficient (Wildman–Crippen LogP) is 0.00980. The molecule has 138 valence electrons. The van der Waals surface area contributed by atoms with Gasteiger partial charge in [0.25, 0.3) is 5.91 Å². The lowest BCUT2D eigenvalue weighted by Gasteiger charge is -2.12. The van der Waals surface area contributed by atoms with Crippen molar-refractivity contribution in [2.45, 2.75) is 30.2 Å². The number of hydrogen-bond acceptors (Lipinski definition) is 5. The molecule has 2 rings (SSSR count). The van der Waals surface area contributed by atoms with Crippen LogP contribution in [0.1, 0.15) is 29.6 Å². The Hall–Kier alpha value is -1.97. The first-order chi connectivity index (χ1) is 11.9. The molecule has 1 heterocycles. The molecule has 1 aromatic rings. The van der Waals surface area contributed by atoms with Crippen LogP contribution >= 0.6 is 0 Å². The highest BCUT2D eigenvalue weighted by molar-refractivity contribution is 7.89. The second kappa shape index (κ2) is 8.93. The maximum atomic E-state index is 12.3. The van der Waals surface area contributed by atoms with Gasteiger partial charge in [-0.3, -0.25) is 9.59 Å². The Kier molecular flexibility index (Phi) is 6.91. The summed E-state index contributed by atoms with van der Waals surface area (Å²) in [5.41, 5.74) is 0.278. The molecule has 1 aromatic carbocycles. The summed E-state index contributed by atoms with van der Waals surface area (Å²) >= 11 is 0. The van der Waals surface area contributed by atoms with Crippen molar-refractivity contribution in [2.24, 2.45) is 0 Å². The third-order valence-corrected chi connectivity index (χ3v) is 5.28. The van der Waals surface area contributed by atoms with Crippen molar-refractivity contribution >= 4 is 21.8 Å². The normalized spacial score (nSPS) is 17.2. The summed E-state index contributed by atoms with van der Waals surface area (Å²) in [6.07, 6.45) is 1.38. The van der Waals surface area contributed by atoms with E-state index in [9.17, 15) is 18.0 Å². The van der Waals surface area contributed by atoms with Crippen LogP contribution in [0.3, 0.4) is 0 Å². The zero-order chi connectivity index (χ0) is 18.3. The van der Waals surface area contributed by atoms with Crippen LogP contribution in [-0.4, -0.2) is 53.1 Å². The fourth-order valence-electron chi connectivity index (χ4n) is 2.39. The van der Waals surface area contributed by atoms with E-state index < -0.39 is 10.0 Å². The van der Waals surface area contributed by atoms with E-state index in [2.05, 4.69) is 15.4 Å². The third-order valence-electron chi connectivity index (χ3n) is 3.82. The maximum absolute atomic E-state index is 12.3. The van der Waals surface area contributed by atoms with Gasteiger partial charge in [0.2, 0.25) is 15.9 Å². The van der Waals surface area contributed by atoms with Crippen molar-refractivity contribution in [3.8, 4) is 0 Å². The first-order valence-corrected chi connectivity index (χ1v) is 9.59. The second-order valence-corrected chi connectivity index (χ2v) is 7.50. The summed E-state index contributed by atoms with van der Waals surface area (Å²) in [6, 6.07) is 5.81. The van der Waals surface area contributed by atoms with Gasteiger partial charge in [0.1, 0.15) is 0 Å². The minimum atomic E-state index is -3.73. The SMILES string of the molecule is CNC(=O)CCCNS(=O)(=O)c1cccc(C(=O)N[C@@H]2CCOC2)c1. The Morgan fingerprint density at radius 1 is 1.32 bits per heavy atom. The van der Waals surface area contributed by atoms with Gasteiger partial charge >= 0.3 is 0 Å². The average molecular weight is 369 g/mol. The molecular formula is C16H23N3O5S. The highest BCUT2D eigenvalue weighted by Crippen LogP contribution is 2.13. The molecule has 1 atom stereocenters. The Labute approximate surface area is 147 Å². The molecule has 0 saturated carbocycles. The number of nitrogens with one attached hydrogen (secondary N) is 3. The zero-order valence-corrected chi connectivity index (χ0v) is 14.9. The van der Waals surface area contributed by atoms with E-state index in [1.807, 2.05) is 0 Å². The van der Waals surface area contributed by atoms with Crippen molar-refractivity contribution in [2.75, 3.05) is 26.8 Å². The molecule has 0 aromatic heterocycles. The highest BCUT2D eigenvalue weighted by Gasteiger charge is 2.20. The van der Waals surface area contributed by atoms with Crippen LogP contribution in [0.2, 0.25) is 0 Å². The summed E-state index contributed by atoms with van der Waals surface area (Å²) in [5.74, 6) is -0.471. The number of amides is 2. The first-order valence-electron chi connectivity index (χ1n) is 8.11. The van der Waals surface area contributed by atoms with E-state index in [1.165, 1.54) is 25.2 Å². The third kappa shape index (κ3) is 5.80. The lowest BCUT2D eigenvalue weighted by molar-refractivity contribution is -0.120. The quantitative estimate of drug-likeness (QED) is 0.559. The van der Waals surface area contributed by atoms with Gasteiger partial charge in [-0.2, -0.15) is 0 Å². The molecule has 25 heavy (non-hydrogen) atoms. The fourth-order valence-corrected chi connectivity index (χ4v) is 3.50. The summed E-state index contributed by atoms with van der Waals surface area (Å²) in [4.78, 5) is 23.4. The summed E-state index contributed by atoms with van der Waals surface area (Å²) in [6.45, 7) is 1.22. The second-order valence-electron chi connectivity index (χ2n) is 5.74. The average Bonchev–Trinajstić information content (AvgIpc) is 3.11. The van der Waals surface area contributed by atoms with E-state index >= 15 is 0 Å². The number of rotatable bonds is 8. The van der Waals surface area contributed by atoms with Crippen molar-refractivity contribution in [1.29, 1.82) is 0 Å². The van der Waals surface area contributed by atoms with Crippen LogP contribution in [0.5, 0.6) is 0 Å². The molecule has 1 fully saturated rings. The summed E-state index contributed by atoms with van der Waals surface area (Å²) in [7, 11) is -2.21. The lowest BCUT2D eigenvalue weighted by Crippen LogP contribution is -2.35. The fraction of sp³-hybridized carbons (Fsp3) is 0.500. The van der Waals surface area contributed by atoms with E-state index in [0.717, 1.165) is 6.42 Å². The van der Waals surface area contributed by atoms with Crippen molar-refractivity contribution in [3.63, 3.8) is 0 Å². The molecule has 8 nitrogen and oxygen atoms in total. The number of benzene rings is 1. The maximum Gasteiger partial charge on any atom is 0.251 e. The highest BCUT2D eigenvalue weighted by atomic mass is 32.2. The number of ether oxygens (including phenoxy) is 1. The van der Waals surface area contributed by atoms with Crippen LogP contribution in [0.25, 0.3) is 0 Å². The standard InChI is InChI=1S/C16H23N3O5S/c1-17-15(20)6-3-8-18-25(22,23)14-5-2-4-12(10-14)16(21)19-13-7-9-24-11-13/h2,4-5,10,13,18H,3,6-9,11H2,1H3,(H,17,20)(H,19,21)/t13-/m1/s1. The van der Waals surface area contributed by atoms with Crippen LogP contribution in [0.15, 0.2) is 29.2 Å². The molecule has 0 aliphatic carbocycles. The van der Waals surface area contributed by atoms with Gasteiger partial charge in [-0.25, -0.2) is 13.1 Å². The molecule has 0 spiro atoms. The molecule has 1 aliphatic rings. The zero-order valence-electron chi connectivity index (χ0n) is 14.1. The monoisotopic (exact) mass is 369 g/mol. The lowest BCUT2D eigenvalue weighted by atomic mass is 10.2. The van der Waals surface area contributed by atoms with E-state index in [0.29, 0.717) is 19.6 Å². The number of carbonyl (C=O) groups is 2. The molecular weight excluding hydrogens is 346 g/mol. The molecule has 0 bridgehead atoms. The van der Waals surface area contributed by atoms with Crippen LogP contribution in [0.4, 0.5) is 0 Å². The van der Waals surface area contributed by atoms with Crippen molar-refractivity contribution < 1.29 is 22.7 Å². The Morgan fingerprint density at radius 2 is 2.12 bits per heavy atom. The number of sulfonamides is 1. The smallest absolute Gasteiger partial charge is 0.251 e. The molecule has 3 N–H and O–H groups in total. The minimum Gasteiger partial charge on any atom is -0.379 e. The van der Waals surface area contributed by atoms with Gasteiger partial charge in [-0.05, 0) is 31.0 Å². The van der Waals surface area contributed by atoms with Crippen molar-refractivity contribution in [3.05, 3.63) is 29.8 Å². The Balaban J connectivity index is 1.96. The van der Waals surface area contributed by atoms with Gasteiger partial charge in [0.05, 0.1) is 17.5 Å². The summed E-state index contributed by atoms with van der Waals surface area (Å²) < 4.78 is 32.2. The molecule has 1 saturated heterocycles. The Morgan fingerprint density at radius 3 is 2.80 bits per heavy atom. The summed E-state index contributed by atoms with van der Waals surface area (Å²) in [5, 5.41) is 5.30. The topological polar surface area (TPSA) is 114 Å². The molecule has 0 radical (unpaired) electrons. The van der Waals surface area contributed by atoms with Gasteiger partial charge in [0, 0.05) is 32.2 Å². The van der Waals surface area contributed by atoms with Gasteiger partial charge in [-0.1, -0.05) is 6.07 Å². The minimum absolute atomic E-state index is 0.0164. The van der Waals surface area contributed by atoms with Crippen LogP contribution in [-0.2, 0) is 19.6 Å². The van der Waals surface area contributed by atoms with Crippen molar-refractivity contribution in [1.82, 2.24) is 15.4 Å². The van der Waals surface area contributed by atoms with Crippen LogP contribution < -0.4 is 15.4 Å². The van der Waals surface area contributed by atoms with Gasteiger partial charge < -0.3 is 15.4 Å². The molecule has 2 amide bonds. The first kappa shape index (κ1) is 19.4. The van der Waals surface area contributed by atoms with E-state index in [-0.39, 0.29) is 41.3 Å². The van der Waals surface area contributed by atoms with Gasteiger partial charge in [0.15, 0.2) is 0 Å². The van der Waals surface area contributed by atoms with E-state index in [1.54, 1.807) is 6.07 Å². The molecule has 9 heteroatoms.